The van der Waals surface area contributed by atoms with Crippen molar-refractivity contribution in [1.29, 1.82) is 0 Å². The molecule has 1 aromatic carbocycles. The molecule has 0 aliphatic carbocycles. The smallest absolute Gasteiger partial charge is 0.223 e. The van der Waals surface area contributed by atoms with Gasteiger partial charge < -0.3 is 9.42 Å². The highest BCUT2D eigenvalue weighted by Crippen LogP contribution is 2.24. The lowest BCUT2D eigenvalue weighted by Crippen LogP contribution is -2.30. The maximum Gasteiger partial charge on any atom is 0.223 e. The van der Waals surface area contributed by atoms with Gasteiger partial charge in [-0.2, -0.15) is 4.98 Å². The maximum atomic E-state index is 13.0. The van der Waals surface area contributed by atoms with E-state index in [-0.39, 0.29) is 5.82 Å². The molecule has 0 saturated carbocycles. The number of aromatic nitrogens is 4. The third-order valence-electron chi connectivity index (χ3n) is 4.52. The minimum absolute atomic E-state index is 0.221. The van der Waals surface area contributed by atoms with Gasteiger partial charge in [-0.05, 0) is 24.1 Å². The highest BCUT2D eigenvalue weighted by molar-refractivity contribution is 7.15. The highest BCUT2D eigenvalue weighted by Gasteiger charge is 2.19. The van der Waals surface area contributed by atoms with Crippen molar-refractivity contribution in [2.24, 2.45) is 0 Å². The quantitative estimate of drug-likeness (QED) is 0.665. The Hall–Kier alpha value is -2.39. The molecule has 0 bridgehead atoms. The Labute approximate surface area is 160 Å². The van der Waals surface area contributed by atoms with Crippen LogP contribution in [0.4, 0.5) is 9.52 Å². The molecule has 1 fully saturated rings. The van der Waals surface area contributed by atoms with Gasteiger partial charge in [0, 0.05) is 39.5 Å². The zero-order chi connectivity index (χ0) is 18.6. The Morgan fingerprint density at radius 1 is 1.11 bits per heavy atom. The number of anilines is 1. The van der Waals surface area contributed by atoms with Gasteiger partial charge in [0.15, 0.2) is 5.82 Å². The van der Waals surface area contributed by atoms with E-state index < -0.39 is 0 Å². The lowest BCUT2D eigenvalue weighted by Gasteiger charge is -2.19. The molecule has 0 radical (unpaired) electrons. The number of benzene rings is 1. The molecule has 0 spiro atoms. The van der Waals surface area contributed by atoms with Crippen molar-refractivity contribution in [3.8, 4) is 0 Å². The van der Waals surface area contributed by atoms with Crippen LogP contribution in [0.1, 0.15) is 28.7 Å². The van der Waals surface area contributed by atoms with Crippen LogP contribution in [-0.2, 0) is 13.0 Å². The minimum Gasteiger partial charge on any atom is -0.345 e. The zero-order valence-electron chi connectivity index (χ0n) is 15.1. The molecular weight excluding hydrogens is 367 g/mol. The van der Waals surface area contributed by atoms with Crippen molar-refractivity contribution in [1.82, 2.24) is 25.2 Å². The van der Waals surface area contributed by atoms with Crippen LogP contribution in [0.15, 0.2) is 28.8 Å². The highest BCUT2D eigenvalue weighted by atomic mass is 32.1. The van der Waals surface area contributed by atoms with Gasteiger partial charge in [0.2, 0.25) is 11.0 Å². The van der Waals surface area contributed by atoms with E-state index in [1.54, 1.807) is 30.4 Å². The average molecular weight is 388 g/mol. The van der Waals surface area contributed by atoms with E-state index in [2.05, 4.69) is 30.1 Å². The molecule has 1 aliphatic rings. The van der Waals surface area contributed by atoms with E-state index in [1.807, 2.05) is 0 Å². The summed E-state index contributed by atoms with van der Waals surface area (Å²) in [5.74, 6) is 1.12. The van der Waals surface area contributed by atoms with E-state index >= 15 is 0 Å². The molecular formula is C18H21FN6OS. The lowest BCUT2D eigenvalue weighted by molar-refractivity contribution is 0.272. The summed E-state index contributed by atoms with van der Waals surface area (Å²) >= 11 is 1.61. The number of nitrogens with zero attached hydrogens (tertiary/aromatic N) is 6. The Morgan fingerprint density at radius 3 is 2.74 bits per heavy atom. The Morgan fingerprint density at radius 2 is 1.96 bits per heavy atom. The summed E-state index contributed by atoms with van der Waals surface area (Å²) in [6.07, 6.45) is 1.72. The van der Waals surface area contributed by atoms with Crippen LogP contribution in [0.3, 0.4) is 0 Å². The van der Waals surface area contributed by atoms with Gasteiger partial charge in [-0.3, -0.25) is 4.90 Å². The SMILES string of the molecule is Cc1nc(CN2CCCN(c3nnc(Cc4ccc(F)cc4)s3)CC2)no1. The number of rotatable bonds is 5. The molecule has 27 heavy (non-hydrogen) atoms. The fourth-order valence-electron chi connectivity index (χ4n) is 3.15. The Bertz CT molecular complexity index is 880. The Kier molecular flexibility index (Phi) is 5.40. The fraction of sp³-hybridized carbons (Fsp3) is 0.444. The van der Waals surface area contributed by atoms with Crippen LogP contribution in [0, 0.1) is 12.7 Å². The first-order valence-electron chi connectivity index (χ1n) is 8.99. The molecule has 142 valence electrons. The van der Waals surface area contributed by atoms with Crippen molar-refractivity contribution in [3.05, 3.63) is 52.4 Å². The first-order valence-corrected chi connectivity index (χ1v) is 9.81. The monoisotopic (exact) mass is 388 g/mol. The summed E-state index contributed by atoms with van der Waals surface area (Å²) in [5.41, 5.74) is 1.04. The first kappa shape index (κ1) is 18.0. The average Bonchev–Trinajstić information content (AvgIpc) is 3.21. The molecule has 4 rings (SSSR count). The number of hydrogen-bond donors (Lipinski definition) is 0. The van der Waals surface area contributed by atoms with Crippen LogP contribution in [0.2, 0.25) is 0 Å². The second-order valence-corrected chi connectivity index (χ2v) is 7.67. The second-order valence-electron chi connectivity index (χ2n) is 6.63. The molecule has 1 aliphatic heterocycles. The molecule has 0 amide bonds. The molecule has 3 aromatic rings. The van der Waals surface area contributed by atoms with E-state index in [4.69, 9.17) is 4.52 Å². The van der Waals surface area contributed by atoms with Crippen LogP contribution in [0.25, 0.3) is 0 Å². The van der Waals surface area contributed by atoms with Gasteiger partial charge in [-0.25, -0.2) is 4.39 Å². The van der Waals surface area contributed by atoms with E-state index in [0.29, 0.717) is 18.9 Å². The normalized spacial score (nSPS) is 15.9. The number of aryl methyl sites for hydroxylation is 1. The first-order chi connectivity index (χ1) is 13.2. The summed E-state index contributed by atoms with van der Waals surface area (Å²) in [6, 6.07) is 6.54. The van der Waals surface area contributed by atoms with Gasteiger partial charge in [-0.1, -0.05) is 28.6 Å². The van der Waals surface area contributed by atoms with Crippen molar-refractivity contribution >= 4 is 16.5 Å². The predicted octanol–water partition coefficient (Wildman–Crippen LogP) is 2.67. The predicted molar refractivity (Wildman–Crippen MR) is 100 cm³/mol. The molecule has 3 heterocycles. The van der Waals surface area contributed by atoms with Gasteiger partial charge in [0.05, 0.1) is 6.54 Å². The van der Waals surface area contributed by atoms with E-state index in [9.17, 15) is 4.39 Å². The van der Waals surface area contributed by atoms with Crippen molar-refractivity contribution in [3.63, 3.8) is 0 Å². The van der Waals surface area contributed by atoms with Crippen molar-refractivity contribution in [2.45, 2.75) is 26.3 Å². The number of halogens is 1. The summed E-state index contributed by atoms with van der Waals surface area (Å²) in [5, 5.41) is 14.6. The maximum absolute atomic E-state index is 13.0. The van der Waals surface area contributed by atoms with Crippen molar-refractivity contribution < 1.29 is 8.91 Å². The summed E-state index contributed by atoms with van der Waals surface area (Å²) < 4.78 is 18.1. The second kappa shape index (κ2) is 8.10. The Balaban J connectivity index is 1.35. The minimum atomic E-state index is -0.221. The van der Waals surface area contributed by atoms with Gasteiger partial charge in [-0.15, -0.1) is 10.2 Å². The third kappa shape index (κ3) is 4.67. The van der Waals surface area contributed by atoms with Gasteiger partial charge in [0.25, 0.3) is 0 Å². The topological polar surface area (TPSA) is 71.2 Å². The fourth-order valence-corrected chi connectivity index (χ4v) is 4.07. The lowest BCUT2D eigenvalue weighted by atomic mass is 10.2. The van der Waals surface area contributed by atoms with Gasteiger partial charge in [0.1, 0.15) is 10.8 Å². The molecule has 0 atom stereocenters. The van der Waals surface area contributed by atoms with Crippen molar-refractivity contribution in [2.75, 3.05) is 31.1 Å². The largest absolute Gasteiger partial charge is 0.345 e. The summed E-state index contributed by atoms with van der Waals surface area (Å²) in [6.45, 7) is 6.26. The van der Waals surface area contributed by atoms with E-state index in [1.165, 1.54) is 12.1 Å². The molecule has 1 saturated heterocycles. The van der Waals surface area contributed by atoms with Crippen LogP contribution in [0.5, 0.6) is 0 Å². The summed E-state index contributed by atoms with van der Waals surface area (Å²) in [4.78, 5) is 8.91. The standard InChI is InChI=1S/C18H21FN6OS/c1-13-20-16(23-26-13)12-24-7-2-8-25(10-9-24)18-22-21-17(27-18)11-14-3-5-15(19)6-4-14/h3-6H,2,7-12H2,1H3. The van der Waals surface area contributed by atoms with Crippen LogP contribution < -0.4 is 4.90 Å². The molecule has 2 aromatic heterocycles. The van der Waals surface area contributed by atoms with Gasteiger partial charge >= 0.3 is 0 Å². The molecule has 0 N–H and O–H groups in total. The third-order valence-corrected chi connectivity index (χ3v) is 5.50. The van der Waals surface area contributed by atoms with Crippen LogP contribution >= 0.6 is 11.3 Å². The molecule has 7 nitrogen and oxygen atoms in total. The van der Waals surface area contributed by atoms with E-state index in [0.717, 1.165) is 54.1 Å². The summed E-state index contributed by atoms with van der Waals surface area (Å²) in [7, 11) is 0. The molecule has 0 unspecified atom stereocenters. The van der Waals surface area contributed by atoms with Crippen LogP contribution in [-0.4, -0.2) is 51.4 Å². The molecule has 9 heteroatoms. The zero-order valence-corrected chi connectivity index (χ0v) is 16.0. The number of hydrogen-bond acceptors (Lipinski definition) is 8.